The number of furan rings is 1. The number of nitrogens with two attached hydrogens (primary N) is 1. The lowest BCUT2D eigenvalue weighted by Gasteiger charge is -2.22. The highest BCUT2D eigenvalue weighted by Gasteiger charge is 2.34. The summed E-state index contributed by atoms with van der Waals surface area (Å²) in [5, 5.41) is 0. The van der Waals surface area contributed by atoms with E-state index in [9.17, 15) is 4.79 Å². The van der Waals surface area contributed by atoms with Crippen molar-refractivity contribution in [1.82, 2.24) is 4.90 Å². The summed E-state index contributed by atoms with van der Waals surface area (Å²) in [5.74, 6) is 1.74. The highest BCUT2D eigenvalue weighted by atomic mass is 16.3. The van der Waals surface area contributed by atoms with Crippen molar-refractivity contribution in [2.45, 2.75) is 39.3 Å². The molecule has 1 heterocycles. The molecule has 4 heteroatoms. The van der Waals surface area contributed by atoms with Gasteiger partial charge in [0.05, 0.1) is 6.54 Å². The van der Waals surface area contributed by atoms with Crippen molar-refractivity contribution in [2.24, 2.45) is 0 Å². The van der Waals surface area contributed by atoms with Crippen LogP contribution in [0.15, 0.2) is 34.7 Å². The first-order valence-corrected chi connectivity index (χ1v) is 7.27. The molecule has 1 aliphatic rings. The summed E-state index contributed by atoms with van der Waals surface area (Å²) in [4.78, 5) is 14.7. The summed E-state index contributed by atoms with van der Waals surface area (Å²) in [6, 6.07) is 9.67. The Balaban J connectivity index is 1.86. The van der Waals surface area contributed by atoms with Gasteiger partial charge in [0, 0.05) is 17.3 Å². The Bertz CT molecular complexity index is 671. The minimum atomic E-state index is 0.0383. The molecule has 1 aromatic heterocycles. The normalized spacial score (nSPS) is 14.2. The molecule has 0 bridgehead atoms. The molecule has 0 spiro atoms. The minimum absolute atomic E-state index is 0.0383. The second kappa shape index (κ2) is 5.28. The van der Waals surface area contributed by atoms with Gasteiger partial charge in [0.15, 0.2) is 0 Å². The van der Waals surface area contributed by atoms with Crippen molar-refractivity contribution in [3.8, 4) is 0 Å². The number of hydrogen-bond acceptors (Lipinski definition) is 3. The largest absolute Gasteiger partial charge is 0.464 e. The van der Waals surface area contributed by atoms with Crippen molar-refractivity contribution < 1.29 is 9.21 Å². The van der Waals surface area contributed by atoms with E-state index in [1.165, 1.54) is 0 Å². The zero-order valence-electron chi connectivity index (χ0n) is 12.4. The number of amides is 1. The Morgan fingerprint density at radius 1 is 1.29 bits per heavy atom. The number of rotatable bonds is 4. The maximum Gasteiger partial charge on any atom is 0.254 e. The van der Waals surface area contributed by atoms with Gasteiger partial charge in [-0.3, -0.25) is 4.79 Å². The molecule has 0 aliphatic heterocycles. The fourth-order valence-corrected chi connectivity index (χ4v) is 2.52. The summed E-state index contributed by atoms with van der Waals surface area (Å²) >= 11 is 0. The summed E-state index contributed by atoms with van der Waals surface area (Å²) in [7, 11) is 0. The molecular weight excluding hydrogens is 264 g/mol. The van der Waals surface area contributed by atoms with Gasteiger partial charge in [-0.15, -0.1) is 0 Å². The zero-order chi connectivity index (χ0) is 15.0. The molecule has 110 valence electrons. The SMILES string of the molecule is Cc1ccc(CN(C(=O)c2cc(N)ccc2C)C2CC2)o1. The van der Waals surface area contributed by atoms with Gasteiger partial charge in [-0.05, 0) is 56.5 Å². The van der Waals surface area contributed by atoms with Crippen LogP contribution in [0, 0.1) is 13.8 Å². The maximum atomic E-state index is 12.8. The van der Waals surface area contributed by atoms with Crippen LogP contribution in [-0.2, 0) is 6.54 Å². The van der Waals surface area contributed by atoms with Crippen molar-refractivity contribution in [2.75, 3.05) is 5.73 Å². The van der Waals surface area contributed by atoms with E-state index in [1.807, 2.05) is 43.0 Å². The number of carbonyl (C=O) groups excluding carboxylic acids is 1. The van der Waals surface area contributed by atoms with Crippen LogP contribution in [-0.4, -0.2) is 16.8 Å². The molecule has 1 aliphatic carbocycles. The van der Waals surface area contributed by atoms with Crippen LogP contribution in [0.4, 0.5) is 5.69 Å². The van der Waals surface area contributed by atoms with E-state index in [0.717, 1.165) is 29.9 Å². The first kappa shape index (κ1) is 13.7. The number of carbonyl (C=O) groups is 1. The zero-order valence-corrected chi connectivity index (χ0v) is 12.4. The van der Waals surface area contributed by atoms with E-state index >= 15 is 0 Å². The Labute approximate surface area is 124 Å². The molecular formula is C17H20N2O2. The first-order chi connectivity index (χ1) is 10.0. The van der Waals surface area contributed by atoms with Crippen molar-refractivity contribution in [3.63, 3.8) is 0 Å². The van der Waals surface area contributed by atoms with Crippen LogP contribution in [0.2, 0.25) is 0 Å². The number of nitrogens with zero attached hydrogens (tertiary/aromatic N) is 1. The highest BCUT2D eigenvalue weighted by Crippen LogP contribution is 2.31. The van der Waals surface area contributed by atoms with Crippen LogP contribution in [0.3, 0.4) is 0 Å². The lowest BCUT2D eigenvalue weighted by atomic mass is 10.1. The van der Waals surface area contributed by atoms with Gasteiger partial charge in [-0.25, -0.2) is 0 Å². The Morgan fingerprint density at radius 2 is 2.05 bits per heavy atom. The lowest BCUT2D eigenvalue weighted by Crippen LogP contribution is -2.33. The predicted molar refractivity (Wildman–Crippen MR) is 81.9 cm³/mol. The number of hydrogen-bond donors (Lipinski definition) is 1. The highest BCUT2D eigenvalue weighted by molar-refractivity contribution is 5.96. The topological polar surface area (TPSA) is 59.5 Å². The van der Waals surface area contributed by atoms with Crippen molar-refractivity contribution >= 4 is 11.6 Å². The molecule has 1 fully saturated rings. The van der Waals surface area contributed by atoms with Gasteiger partial charge in [0.1, 0.15) is 11.5 Å². The Morgan fingerprint density at radius 3 is 2.67 bits per heavy atom. The molecule has 1 saturated carbocycles. The summed E-state index contributed by atoms with van der Waals surface area (Å²) in [6.07, 6.45) is 2.12. The molecule has 0 radical (unpaired) electrons. The van der Waals surface area contributed by atoms with Gasteiger partial charge >= 0.3 is 0 Å². The summed E-state index contributed by atoms with van der Waals surface area (Å²) in [6.45, 7) is 4.37. The summed E-state index contributed by atoms with van der Waals surface area (Å²) < 4.78 is 5.61. The van der Waals surface area contributed by atoms with Gasteiger partial charge < -0.3 is 15.1 Å². The average Bonchev–Trinajstić information content (AvgIpc) is 3.21. The molecule has 0 saturated heterocycles. The first-order valence-electron chi connectivity index (χ1n) is 7.27. The van der Waals surface area contributed by atoms with Crippen LogP contribution < -0.4 is 5.73 Å². The van der Waals surface area contributed by atoms with Crippen LogP contribution in [0.1, 0.15) is 40.3 Å². The average molecular weight is 284 g/mol. The second-order valence-electron chi connectivity index (χ2n) is 5.75. The van der Waals surface area contributed by atoms with Gasteiger partial charge in [-0.1, -0.05) is 6.07 Å². The molecule has 2 N–H and O–H groups in total. The third-order valence-electron chi connectivity index (χ3n) is 3.86. The standard InChI is InChI=1S/C17H20N2O2/c1-11-3-5-13(18)9-16(11)17(20)19(14-6-7-14)10-15-8-4-12(2)21-15/h3-5,8-9,14H,6-7,10,18H2,1-2H3. The van der Waals surface area contributed by atoms with E-state index < -0.39 is 0 Å². The van der Waals surface area contributed by atoms with E-state index in [1.54, 1.807) is 6.07 Å². The molecule has 1 amide bonds. The maximum absolute atomic E-state index is 12.8. The fourth-order valence-electron chi connectivity index (χ4n) is 2.52. The third-order valence-corrected chi connectivity index (χ3v) is 3.86. The smallest absolute Gasteiger partial charge is 0.254 e. The Kier molecular flexibility index (Phi) is 3.45. The van der Waals surface area contributed by atoms with E-state index in [0.29, 0.717) is 23.8 Å². The molecule has 4 nitrogen and oxygen atoms in total. The lowest BCUT2D eigenvalue weighted by molar-refractivity contribution is 0.0716. The van der Waals surface area contributed by atoms with Gasteiger partial charge in [-0.2, -0.15) is 0 Å². The predicted octanol–water partition coefficient (Wildman–Crippen LogP) is 3.28. The van der Waals surface area contributed by atoms with Crippen LogP contribution >= 0.6 is 0 Å². The molecule has 3 rings (SSSR count). The third kappa shape index (κ3) is 2.94. The van der Waals surface area contributed by atoms with Crippen molar-refractivity contribution in [3.05, 3.63) is 53.0 Å². The van der Waals surface area contributed by atoms with Gasteiger partial charge in [0.25, 0.3) is 5.91 Å². The molecule has 0 atom stereocenters. The summed E-state index contributed by atoms with van der Waals surface area (Å²) in [5.41, 5.74) is 8.08. The molecule has 2 aromatic rings. The number of benzene rings is 1. The number of anilines is 1. The second-order valence-corrected chi connectivity index (χ2v) is 5.75. The quantitative estimate of drug-likeness (QED) is 0.876. The molecule has 21 heavy (non-hydrogen) atoms. The monoisotopic (exact) mass is 284 g/mol. The Hall–Kier alpha value is -2.23. The minimum Gasteiger partial charge on any atom is -0.464 e. The number of nitrogen functional groups attached to an aromatic ring is 1. The van der Waals surface area contributed by atoms with E-state index in [4.69, 9.17) is 10.2 Å². The van der Waals surface area contributed by atoms with Crippen LogP contribution in [0.25, 0.3) is 0 Å². The van der Waals surface area contributed by atoms with Crippen molar-refractivity contribution in [1.29, 1.82) is 0 Å². The van der Waals surface area contributed by atoms with Gasteiger partial charge in [0.2, 0.25) is 0 Å². The number of aryl methyl sites for hydroxylation is 2. The van der Waals surface area contributed by atoms with Crippen LogP contribution in [0.5, 0.6) is 0 Å². The fraction of sp³-hybridized carbons (Fsp3) is 0.353. The molecule has 1 aromatic carbocycles. The van der Waals surface area contributed by atoms with E-state index in [2.05, 4.69) is 0 Å². The molecule has 0 unspecified atom stereocenters. The van der Waals surface area contributed by atoms with E-state index in [-0.39, 0.29) is 5.91 Å².